The Morgan fingerprint density at radius 1 is 1.53 bits per heavy atom. The van der Waals surface area contributed by atoms with Crippen LogP contribution in [0.5, 0.6) is 0 Å². The Hall–Kier alpha value is -0.450. The van der Waals surface area contributed by atoms with Crippen molar-refractivity contribution in [1.82, 2.24) is 5.32 Å². The quantitative estimate of drug-likeness (QED) is 0.899. The first-order valence-electron chi connectivity index (χ1n) is 5.99. The van der Waals surface area contributed by atoms with Crippen molar-refractivity contribution in [2.45, 2.75) is 25.4 Å². The second kappa shape index (κ2) is 5.94. The van der Waals surface area contributed by atoms with Crippen LogP contribution in [0, 0.1) is 11.7 Å². The predicted molar refractivity (Wildman–Crippen MR) is 69.4 cm³/mol. The number of halogens is 2. The van der Waals surface area contributed by atoms with Gasteiger partial charge in [0.2, 0.25) is 0 Å². The molecule has 2 unspecified atom stereocenters. The minimum Gasteiger partial charge on any atom is -0.392 e. The number of benzene rings is 1. The van der Waals surface area contributed by atoms with Crippen molar-refractivity contribution in [3.05, 3.63) is 34.1 Å². The lowest BCUT2D eigenvalue weighted by atomic mass is 9.90. The summed E-state index contributed by atoms with van der Waals surface area (Å²) in [6.45, 7) is 1.92. The molecule has 4 heteroatoms. The van der Waals surface area contributed by atoms with Crippen molar-refractivity contribution in [2.75, 3.05) is 13.1 Å². The van der Waals surface area contributed by atoms with Crippen molar-refractivity contribution in [3.8, 4) is 0 Å². The molecule has 2 N–H and O–H groups in total. The summed E-state index contributed by atoms with van der Waals surface area (Å²) in [4.78, 5) is 0. The monoisotopic (exact) mass is 301 g/mol. The zero-order valence-electron chi connectivity index (χ0n) is 9.63. The minimum absolute atomic E-state index is 0.255. The molecule has 17 heavy (non-hydrogen) atoms. The van der Waals surface area contributed by atoms with E-state index in [0.717, 1.165) is 36.0 Å². The largest absolute Gasteiger partial charge is 0.392 e. The molecule has 1 heterocycles. The molecule has 2 atom stereocenters. The number of nitrogens with one attached hydrogen (secondary N) is 1. The van der Waals surface area contributed by atoms with Crippen LogP contribution in [0.4, 0.5) is 4.39 Å². The molecule has 0 saturated carbocycles. The fraction of sp³-hybridized carbons (Fsp3) is 0.538. The van der Waals surface area contributed by atoms with Crippen LogP contribution in [-0.4, -0.2) is 24.3 Å². The average molecular weight is 302 g/mol. The van der Waals surface area contributed by atoms with Crippen LogP contribution in [0.15, 0.2) is 22.7 Å². The van der Waals surface area contributed by atoms with Gasteiger partial charge in [0.25, 0.3) is 0 Å². The van der Waals surface area contributed by atoms with Gasteiger partial charge >= 0.3 is 0 Å². The van der Waals surface area contributed by atoms with Gasteiger partial charge in [0.05, 0.1) is 6.10 Å². The van der Waals surface area contributed by atoms with E-state index in [4.69, 9.17) is 0 Å². The lowest BCUT2D eigenvalue weighted by Gasteiger charge is -2.27. The maximum Gasteiger partial charge on any atom is 0.124 e. The molecule has 0 aromatic heterocycles. The molecule has 1 aliphatic rings. The van der Waals surface area contributed by atoms with Crippen LogP contribution >= 0.6 is 15.9 Å². The highest BCUT2D eigenvalue weighted by Crippen LogP contribution is 2.23. The molecular formula is C13H17BrFNO. The van der Waals surface area contributed by atoms with Crippen LogP contribution in [0.25, 0.3) is 0 Å². The van der Waals surface area contributed by atoms with Crippen LogP contribution < -0.4 is 5.32 Å². The summed E-state index contributed by atoms with van der Waals surface area (Å²) in [6, 6.07) is 4.62. The standard InChI is InChI=1S/C13H17BrFNO/c14-12-7-11(15)4-3-9(12)6-13(17)10-2-1-5-16-8-10/h3-4,7,10,13,16-17H,1-2,5-6,8H2. The van der Waals surface area contributed by atoms with E-state index in [0.29, 0.717) is 12.3 Å². The number of aliphatic hydroxyl groups excluding tert-OH is 1. The Balaban J connectivity index is 1.99. The van der Waals surface area contributed by atoms with Crippen molar-refractivity contribution in [3.63, 3.8) is 0 Å². The molecule has 94 valence electrons. The molecule has 1 aliphatic heterocycles. The molecule has 1 aromatic rings. The van der Waals surface area contributed by atoms with Crippen LogP contribution in [0.1, 0.15) is 18.4 Å². The molecule has 2 rings (SSSR count). The molecule has 0 bridgehead atoms. The van der Waals surface area contributed by atoms with E-state index in [-0.39, 0.29) is 11.9 Å². The Morgan fingerprint density at radius 2 is 2.35 bits per heavy atom. The van der Waals surface area contributed by atoms with Gasteiger partial charge in [-0.2, -0.15) is 0 Å². The lowest BCUT2D eigenvalue weighted by Crippen LogP contribution is -2.37. The van der Waals surface area contributed by atoms with Crippen molar-refractivity contribution >= 4 is 15.9 Å². The van der Waals surface area contributed by atoms with Gasteiger partial charge in [-0.15, -0.1) is 0 Å². The van der Waals surface area contributed by atoms with Gasteiger partial charge in [-0.3, -0.25) is 0 Å². The lowest BCUT2D eigenvalue weighted by molar-refractivity contribution is 0.0920. The third-order valence-electron chi connectivity index (χ3n) is 3.32. The Morgan fingerprint density at radius 3 is 3.00 bits per heavy atom. The van der Waals surface area contributed by atoms with Gasteiger partial charge < -0.3 is 10.4 Å². The SMILES string of the molecule is OC(Cc1ccc(F)cc1Br)C1CCCNC1. The molecule has 0 radical (unpaired) electrons. The number of hydrogen-bond donors (Lipinski definition) is 2. The van der Waals surface area contributed by atoms with Crippen LogP contribution in [0.3, 0.4) is 0 Å². The molecule has 2 nitrogen and oxygen atoms in total. The van der Waals surface area contributed by atoms with E-state index in [9.17, 15) is 9.50 Å². The van der Waals surface area contributed by atoms with Crippen molar-refractivity contribution < 1.29 is 9.50 Å². The third-order valence-corrected chi connectivity index (χ3v) is 4.06. The Kier molecular flexibility index (Phi) is 4.54. The highest BCUT2D eigenvalue weighted by Gasteiger charge is 2.22. The van der Waals surface area contributed by atoms with Crippen LogP contribution in [-0.2, 0) is 6.42 Å². The molecule has 1 aromatic carbocycles. The first kappa shape index (κ1) is 13.0. The van der Waals surface area contributed by atoms with Gasteiger partial charge in [0.1, 0.15) is 5.82 Å². The van der Waals surface area contributed by atoms with E-state index in [1.54, 1.807) is 6.07 Å². The van der Waals surface area contributed by atoms with E-state index >= 15 is 0 Å². The van der Waals surface area contributed by atoms with E-state index in [2.05, 4.69) is 21.2 Å². The number of hydrogen-bond acceptors (Lipinski definition) is 2. The first-order chi connectivity index (χ1) is 8.16. The fourth-order valence-electron chi connectivity index (χ4n) is 2.29. The molecule has 1 saturated heterocycles. The zero-order chi connectivity index (χ0) is 12.3. The second-order valence-corrected chi connectivity index (χ2v) is 5.47. The second-order valence-electron chi connectivity index (χ2n) is 4.61. The summed E-state index contributed by atoms with van der Waals surface area (Å²) >= 11 is 3.33. The van der Waals surface area contributed by atoms with E-state index in [1.165, 1.54) is 12.1 Å². The Labute approximate surface area is 109 Å². The summed E-state index contributed by atoms with van der Waals surface area (Å²) < 4.78 is 13.7. The maximum absolute atomic E-state index is 12.9. The average Bonchev–Trinajstić information content (AvgIpc) is 2.34. The van der Waals surface area contributed by atoms with E-state index in [1.807, 2.05) is 0 Å². The van der Waals surface area contributed by atoms with Gasteiger partial charge in [-0.1, -0.05) is 22.0 Å². The zero-order valence-corrected chi connectivity index (χ0v) is 11.2. The topological polar surface area (TPSA) is 32.3 Å². The highest BCUT2D eigenvalue weighted by atomic mass is 79.9. The van der Waals surface area contributed by atoms with Gasteiger partial charge in [-0.25, -0.2) is 4.39 Å². The molecule has 0 amide bonds. The van der Waals surface area contributed by atoms with Gasteiger partial charge in [0.15, 0.2) is 0 Å². The fourth-order valence-corrected chi connectivity index (χ4v) is 2.80. The normalized spacial score (nSPS) is 22.4. The van der Waals surface area contributed by atoms with Crippen molar-refractivity contribution in [1.29, 1.82) is 0 Å². The summed E-state index contributed by atoms with van der Waals surface area (Å²) in [5, 5.41) is 13.5. The molecule has 0 spiro atoms. The first-order valence-corrected chi connectivity index (χ1v) is 6.79. The Bertz CT molecular complexity index is 380. The molecule has 0 aliphatic carbocycles. The molecule has 1 fully saturated rings. The highest BCUT2D eigenvalue weighted by molar-refractivity contribution is 9.10. The summed E-state index contributed by atoms with van der Waals surface area (Å²) in [5.41, 5.74) is 0.962. The summed E-state index contributed by atoms with van der Waals surface area (Å²) in [7, 11) is 0. The number of piperidine rings is 1. The maximum atomic E-state index is 12.9. The third kappa shape index (κ3) is 3.50. The predicted octanol–water partition coefficient (Wildman–Crippen LogP) is 2.49. The number of aliphatic hydroxyl groups is 1. The van der Waals surface area contributed by atoms with Gasteiger partial charge in [-0.05, 0) is 49.4 Å². The summed E-state index contributed by atoms with van der Waals surface area (Å²) in [6.07, 6.45) is 2.40. The smallest absolute Gasteiger partial charge is 0.124 e. The van der Waals surface area contributed by atoms with Crippen molar-refractivity contribution in [2.24, 2.45) is 5.92 Å². The molecular weight excluding hydrogens is 285 g/mol. The van der Waals surface area contributed by atoms with Gasteiger partial charge in [0, 0.05) is 11.0 Å². The van der Waals surface area contributed by atoms with E-state index < -0.39 is 0 Å². The van der Waals surface area contributed by atoms with Crippen LogP contribution in [0.2, 0.25) is 0 Å². The minimum atomic E-state index is -0.357. The summed E-state index contributed by atoms with van der Waals surface area (Å²) in [5.74, 6) is 0.0511. The number of rotatable bonds is 3.